The Kier molecular flexibility index (Phi) is 3.76. The predicted molar refractivity (Wildman–Crippen MR) is 68.5 cm³/mol. The summed E-state index contributed by atoms with van der Waals surface area (Å²) in [6.45, 7) is 2.53. The third-order valence-corrected chi connectivity index (χ3v) is 3.42. The number of aromatic nitrogens is 2. The molecule has 0 bridgehead atoms. The number of nitrogens with two attached hydrogens (primary N) is 1. The van der Waals surface area contributed by atoms with E-state index in [0.29, 0.717) is 6.54 Å². The molecule has 0 radical (unpaired) electrons. The number of nitro groups is 1. The zero-order chi connectivity index (χ0) is 14.0. The maximum Gasteiger partial charge on any atom is 0.329 e. The van der Waals surface area contributed by atoms with Crippen LogP contribution in [0.3, 0.4) is 0 Å². The van der Waals surface area contributed by atoms with Crippen LogP contribution in [0.15, 0.2) is 6.20 Å². The zero-order valence-corrected chi connectivity index (χ0v) is 10.5. The van der Waals surface area contributed by atoms with Crippen LogP contribution in [0.25, 0.3) is 0 Å². The molecule has 0 amide bonds. The highest BCUT2D eigenvalue weighted by Crippen LogP contribution is 2.34. The van der Waals surface area contributed by atoms with Crippen molar-refractivity contribution in [2.75, 3.05) is 23.5 Å². The molecule has 1 aliphatic rings. The van der Waals surface area contributed by atoms with E-state index in [9.17, 15) is 15.2 Å². The predicted octanol–water partition coefficient (Wildman–Crippen LogP) is -0.123. The van der Waals surface area contributed by atoms with Crippen molar-refractivity contribution < 1.29 is 10.0 Å². The number of hydrazine groups is 1. The second-order valence-electron chi connectivity index (χ2n) is 4.51. The lowest BCUT2D eigenvalue weighted by Gasteiger charge is -2.25. The quantitative estimate of drug-likeness (QED) is 0.391. The van der Waals surface area contributed by atoms with E-state index in [1.165, 1.54) is 0 Å². The first-order valence-corrected chi connectivity index (χ1v) is 5.94. The van der Waals surface area contributed by atoms with E-state index < -0.39 is 4.92 Å². The average molecular weight is 268 g/mol. The van der Waals surface area contributed by atoms with Crippen molar-refractivity contribution in [2.24, 2.45) is 11.8 Å². The molecule has 0 saturated carbocycles. The van der Waals surface area contributed by atoms with Crippen LogP contribution in [0.1, 0.15) is 13.3 Å². The maximum absolute atomic E-state index is 11.0. The molecular weight excluding hydrogens is 252 g/mol. The van der Waals surface area contributed by atoms with Gasteiger partial charge in [-0.1, -0.05) is 6.92 Å². The first-order chi connectivity index (χ1) is 9.08. The van der Waals surface area contributed by atoms with E-state index in [-0.39, 0.29) is 36.0 Å². The molecular formula is C10H16N6O3. The van der Waals surface area contributed by atoms with Crippen molar-refractivity contribution in [3.05, 3.63) is 16.3 Å². The third kappa shape index (κ3) is 2.42. The Morgan fingerprint density at radius 3 is 3.05 bits per heavy atom. The summed E-state index contributed by atoms with van der Waals surface area (Å²) in [7, 11) is 0. The Bertz CT molecular complexity index is 482. The summed E-state index contributed by atoms with van der Waals surface area (Å²) in [5, 5.41) is 20.5. The van der Waals surface area contributed by atoms with Gasteiger partial charge >= 0.3 is 5.69 Å². The Morgan fingerprint density at radius 2 is 2.47 bits per heavy atom. The van der Waals surface area contributed by atoms with E-state index in [0.717, 1.165) is 12.6 Å². The summed E-state index contributed by atoms with van der Waals surface area (Å²) in [5.41, 5.74) is 2.08. The fraction of sp³-hybridized carbons (Fsp3) is 0.600. The smallest absolute Gasteiger partial charge is 0.329 e. The van der Waals surface area contributed by atoms with E-state index in [1.807, 2.05) is 6.92 Å². The lowest BCUT2D eigenvalue weighted by Crippen LogP contribution is -2.36. The molecule has 2 unspecified atom stereocenters. The van der Waals surface area contributed by atoms with Gasteiger partial charge in [0.05, 0.1) is 17.6 Å². The van der Waals surface area contributed by atoms with Crippen LogP contribution in [0.4, 0.5) is 17.5 Å². The largest absolute Gasteiger partial charge is 0.394 e. The maximum atomic E-state index is 11.0. The number of aliphatic hydroxyl groups is 1. The molecule has 0 aliphatic carbocycles. The van der Waals surface area contributed by atoms with E-state index in [4.69, 9.17) is 5.84 Å². The molecule has 104 valence electrons. The summed E-state index contributed by atoms with van der Waals surface area (Å²) >= 11 is 0. The van der Waals surface area contributed by atoms with Crippen molar-refractivity contribution in [2.45, 2.75) is 19.4 Å². The number of rotatable bonds is 4. The number of hydrogen-bond acceptors (Lipinski definition) is 8. The number of nitrogens with zero attached hydrogens (tertiary/aromatic N) is 4. The highest BCUT2D eigenvalue weighted by atomic mass is 16.6. The molecule has 1 aromatic rings. The Balaban J connectivity index is 2.44. The zero-order valence-electron chi connectivity index (χ0n) is 10.5. The Morgan fingerprint density at radius 1 is 1.74 bits per heavy atom. The second kappa shape index (κ2) is 5.33. The van der Waals surface area contributed by atoms with Crippen LogP contribution in [0.2, 0.25) is 0 Å². The van der Waals surface area contributed by atoms with Gasteiger partial charge in [0.2, 0.25) is 11.8 Å². The fourth-order valence-corrected chi connectivity index (χ4v) is 2.33. The van der Waals surface area contributed by atoms with Gasteiger partial charge in [-0.25, -0.2) is 10.8 Å². The van der Waals surface area contributed by atoms with E-state index in [1.54, 1.807) is 4.90 Å². The molecule has 0 aromatic carbocycles. The monoisotopic (exact) mass is 268 g/mol. The molecule has 1 fully saturated rings. The van der Waals surface area contributed by atoms with Gasteiger partial charge in [-0.05, 0) is 12.3 Å². The van der Waals surface area contributed by atoms with Crippen molar-refractivity contribution in [1.29, 1.82) is 0 Å². The molecule has 19 heavy (non-hydrogen) atoms. The third-order valence-electron chi connectivity index (χ3n) is 3.42. The van der Waals surface area contributed by atoms with Gasteiger partial charge in [-0.2, -0.15) is 4.98 Å². The Hall–Kier alpha value is -2.00. The Labute approximate surface area is 109 Å². The molecule has 9 heteroatoms. The standard InChI is InChI=1S/C10H16N6O3/c1-6-2-3-15(8(6)5-17)9-7(16(18)19)4-12-10(13-9)14-11/h4,6,8,17H,2-3,5,11H2,1H3,(H,12,13,14). The minimum atomic E-state index is -0.535. The minimum Gasteiger partial charge on any atom is -0.394 e. The van der Waals surface area contributed by atoms with Crippen LogP contribution in [-0.4, -0.2) is 39.2 Å². The second-order valence-corrected chi connectivity index (χ2v) is 4.51. The van der Waals surface area contributed by atoms with Crippen LogP contribution in [0, 0.1) is 16.0 Å². The van der Waals surface area contributed by atoms with Gasteiger partial charge in [0.1, 0.15) is 6.20 Å². The van der Waals surface area contributed by atoms with Gasteiger partial charge in [0.15, 0.2) is 0 Å². The van der Waals surface area contributed by atoms with E-state index >= 15 is 0 Å². The number of aliphatic hydroxyl groups excluding tert-OH is 1. The van der Waals surface area contributed by atoms with Gasteiger partial charge in [-0.3, -0.25) is 15.5 Å². The van der Waals surface area contributed by atoms with Crippen molar-refractivity contribution >= 4 is 17.5 Å². The highest BCUT2D eigenvalue weighted by Gasteiger charge is 2.35. The molecule has 1 aromatic heterocycles. The SMILES string of the molecule is CC1CCN(c2nc(NN)ncc2[N+](=O)[O-])C1CO. The van der Waals surface area contributed by atoms with Gasteiger partial charge in [-0.15, -0.1) is 0 Å². The first kappa shape index (κ1) is 13.4. The van der Waals surface area contributed by atoms with Crippen LogP contribution in [0.5, 0.6) is 0 Å². The molecule has 1 aliphatic heterocycles. The molecule has 0 spiro atoms. The summed E-state index contributed by atoms with van der Waals surface area (Å²) < 4.78 is 0. The highest BCUT2D eigenvalue weighted by molar-refractivity contribution is 5.60. The number of anilines is 2. The lowest BCUT2D eigenvalue weighted by molar-refractivity contribution is -0.384. The molecule has 2 heterocycles. The molecule has 2 rings (SSSR count). The minimum absolute atomic E-state index is 0.0757. The van der Waals surface area contributed by atoms with Gasteiger partial charge in [0, 0.05) is 6.54 Å². The number of hydrogen-bond donors (Lipinski definition) is 3. The van der Waals surface area contributed by atoms with Crippen molar-refractivity contribution in [3.63, 3.8) is 0 Å². The van der Waals surface area contributed by atoms with Crippen LogP contribution < -0.4 is 16.2 Å². The van der Waals surface area contributed by atoms with E-state index in [2.05, 4.69) is 15.4 Å². The lowest BCUT2D eigenvalue weighted by atomic mass is 10.0. The summed E-state index contributed by atoms with van der Waals surface area (Å²) in [6, 6.07) is -0.181. The normalized spacial score (nSPS) is 22.6. The molecule has 9 nitrogen and oxygen atoms in total. The van der Waals surface area contributed by atoms with Crippen LogP contribution >= 0.6 is 0 Å². The molecule has 2 atom stereocenters. The number of nitrogens with one attached hydrogen (secondary N) is 1. The van der Waals surface area contributed by atoms with Gasteiger partial charge in [0.25, 0.3) is 0 Å². The van der Waals surface area contributed by atoms with Gasteiger partial charge < -0.3 is 10.0 Å². The van der Waals surface area contributed by atoms with Crippen molar-refractivity contribution in [3.8, 4) is 0 Å². The summed E-state index contributed by atoms with van der Waals surface area (Å²) in [6.07, 6.45) is 1.96. The first-order valence-electron chi connectivity index (χ1n) is 5.94. The van der Waals surface area contributed by atoms with Crippen molar-refractivity contribution in [1.82, 2.24) is 9.97 Å². The fourth-order valence-electron chi connectivity index (χ4n) is 2.33. The number of nitrogen functional groups attached to an aromatic ring is 1. The topological polar surface area (TPSA) is 130 Å². The molecule has 1 saturated heterocycles. The summed E-state index contributed by atoms with van der Waals surface area (Å²) in [4.78, 5) is 20.0. The summed E-state index contributed by atoms with van der Waals surface area (Å²) in [5.74, 6) is 5.77. The average Bonchev–Trinajstić information content (AvgIpc) is 2.78. The molecule has 4 N–H and O–H groups in total. The van der Waals surface area contributed by atoms with Crippen LogP contribution in [-0.2, 0) is 0 Å².